The van der Waals surface area contributed by atoms with Crippen molar-refractivity contribution in [2.45, 2.75) is 101 Å². The summed E-state index contributed by atoms with van der Waals surface area (Å²) in [5, 5.41) is 42.1. The molecule has 0 aliphatic carbocycles. The maximum absolute atomic E-state index is 12.7. The lowest BCUT2D eigenvalue weighted by atomic mass is 10.0. The second-order valence-electron chi connectivity index (χ2n) is 32.7. The van der Waals surface area contributed by atoms with E-state index in [2.05, 4.69) is 106 Å². The minimum atomic E-state index is -0.854. The highest BCUT2D eigenvalue weighted by Crippen LogP contribution is 2.33. The van der Waals surface area contributed by atoms with Gasteiger partial charge in [0, 0.05) is 158 Å². The third-order valence-corrected chi connectivity index (χ3v) is 22.3. The molecule has 18 amide bonds. The lowest BCUT2D eigenvalue weighted by Gasteiger charge is -2.29. The summed E-state index contributed by atoms with van der Waals surface area (Å²) in [5.41, 5.74) is 10.6. The Labute approximate surface area is 766 Å². The second-order valence-corrected chi connectivity index (χ2v) is 32.7. The molecule has 0 saturated carbocycles. The number of nitrogens with one attached hydrogen (secondary N) is 12. The number of nitrogens with zero attached hydrogens (tertiary/aromatic N) is 10. The fraction of sp³-hybridized carbons (Fsp3) is 0.234. The average molecular weight is 1820 g/mol. The first-order valence-corrected chi connectivity index (χ1v) is 42.1. The standard InChI is InChI=1S/C20H22N4O4.C19H17N5O3.2C19H20N4O4.C17H15N5O3/c1-12-7-8-16(19(27)21-12)24-18(26)11-15(20(24)28)22-14-6-4-5-13(9-14)10-17(25)23(2)3;1-11-5-6-16(18(26)21-11)24-17(25)10-15(19(24)27)22-13-4-2-3-12(9-13)14-7-8-20-23-14;1-11-4-9-15(17(25)20-11)23-16(24)10-14(19(23)27)21-13-7-5-12(6-8-13)18(26)22(2)3;1-11-7-8-15(17(25)20-11)23-16(24)10-14(19(23)27)21-13-6-4-5-12(9-13)18(26)22(2)3;1-9-2-5-14(16(24)19-9)22-15(23)7-13(17(22)25)20-11-4-3-10-8-18-21-12(10)6-11/h4-6,9,11,16,22H,1,7-8,10H2,2-3H3,(H,21,27);2-4,7-10,16,22H,1,5-6H2,(H,20,23)(H,21,26);5-8,10,15,21H,1,4,9H2,2-3H3,(H,20,25);4-6,9-10,15,21H,1,7-8H2,2-3H3,(H,20,25);3-4,6-8,14,20H,1-2,5H2,(H,18,21)(H,19,24). The van der Waals surface area contributed by atoms with Crippen LogP contribution in [0.2, 0.25) is 0 Å². The number of carbonyl (C=O) groups excluding carboxylic acids is 18. The molecule has 17 rings (SSSR count). The number of hydrogen-bond acceptors (Lipinski definition) is 25. The molecule has 5 atom stereocenters. The quantitative estimate of drug-likeness (QED) is 0.0446. The van der Waals surface area contributed by atoms with Gasteiger partial charge in [0.25, 0.3) is 70.9 Å². The van der Waals surface area contributed by atoms with E-state index in [0.717, 1.165) is 52.2 Å². The molecule has 5 aromatic carbocycles. The van der Waals surface area contributed by atoms with Crippen LogP contribution in [0.1, 0.15) is 90.5 Å². The number of aromatic amines is 2. The van der Waals surface area contributed by atoms with E-state index in [0.29, 0.717) is 132 Å². The average Bonchev–Trinajstić information content (AvgIpc) is 1.67. The Morgan fingerprint density at radius 3 is 1.05 bits per heavy atom. The number of fused-ring (bicyclic) bond motifs is 1. The van der Waals surface area contributed by atoms with Crippen molar-refractivity contribution in [3.63, 3.8) is 0 Å². The molecule has 2 aromatic heterocycles. The van der Waals surface area contributed by atoms with Crippen LogP contribution in [0, 0.1) is 0 Å². The molecule has 134 heavy (non-hydrogen) atoms. The molecule has 5 unspecified atom stereocenters. The fourth-order valence-corrected chi connectivity index (χ4v) is 15.4. The maximum atomic E-state index is 12.7. The van der Waals surface area contributed by atoms with Crippen molar-refractivity contribution in [1.82, 2.24) is 86.2 Å². The van der Waals surface area contributed by atoms with Crippen molar-refractivity contribution in [3.05, 3.63) is 271 Å². The number of amides is 18. The van der Waals surface area contributed by atoms with Gasteiger partial charge in [-0.25, -0.2) is 0 Å². The highest BCUT2D eigenvalue weighted by molar-refractivity contribution is 6.23. The monoisotopic (exact) mass is 1820 g/mol. The Kier molecular flexibility index (Phi) is 28.5. The normalized spacial score (nSPS) is 19.9. The molecule has 10 aliphatic rings. The predicted octanol–water partition coefficient (Wildman–Crippen LogP) is 5.02. The molecule has 5 saturated heterocycles. The Bertz CT molecular complexity index is 6350. The first kappa shape index (κ1) is 94.3. The molecule has 0 spiro atoms. The van der Waals surface area contributed by atoms with Crippen molar-refractivity contribution >= 4 is 146 Å². The van der Waals surface area contributed by atoms with Crippen LogP contribution in [0.15, 0.2) is 254 Å². The molecule has 40 nitrogen and oxygen atoms in total. The zero-order valence-electron chi connectivity index (χ0n) is 73.6. The van der Waals surface area contributed by atoms with Gasteiger partial charge in [-0.3, -0.25) is 121 Å². The number of carbonyl (C=O) groups is 18. The van der Waals surface area contributed by atoms with Gasteiger partial charge in [0.2, 0.25) is 35.4 Å². The molecule has 12 N–H and O–H groups in total. The van der Waals surface area contributed by atoms with Crippen LogP contribution in [0.5, 0.6) is 0 Å². The summed E-state index contributed by atoms with van der Waals surface area (Å²) in [4.78, 5) is 231. The summed E-state index contributed by atoms with van der Waals surface area (Å²) in [7, 11) is 9.98. The zero-order valence-corrected chi connectivity index (χ0v) is 73.6. The van der Waals surface area contributed by atoms with E-state index in [4.69, 9.17) is 0 Å². The maximum Gasteiger partial charge on any atom is 0.278 e. The van der Waals surface area contributed by atoms with Crippen LogP contribution in [-0.2, 0) is 83.1 Å². The summed E-state index contributed by atoms with van der Waals surface area (Å²) < 4.78 is 0. The number of benzene rings is 5. The van der Waals surface area contributed by atoms with Gasteiger partial charge >= 0.3 is 0 Å². The van der Waals surface area contributed by atoms with Gasteiger partial charge in [0.1, 0.15) is 58.7 Å². The van der Waals surface area contributed by atoms with Crippen LogP contribution in [-0.4, -0.2) is 238 Å². The Morgan fingerprint density at radius 1 is 0.358 bits per heavy atom. The number of aromatic nitrogens is 4. The number of allylic oxidation sites excluding steroid dienone is 5. The van der Waals surface area contributed by atoms with Gasteiger partial charge in [0.05, 0.1) is 23.8 Å². The molecule has 0 bridgehead atoms. The lowest BCUT2D eigenvalue weighted by molar-refractivity contribution is -0.146. The summed E-state index contributed by atoms with van der Waals surface area (Å²) in [6.45, 7) is 18.5. The Hall–Kier alpha value is -17.4. The van der Waals surface area contributed by atoms with E-state index in [1.165, 1.54) is 45.1 Å². The molecule has 7 aromatic rings. The van der Waals surface area contributed by atoms with E-state index in [1.807, 2.05) is 36.4 Å². The van der Waals surface area contributed by atoms with Crippen LogP contribution in [0.3, 0.4) is 0 Å². The molecule has 10 aliphatic heterocycles. The van der Waals surface area contributed by atoms with Gasteiger partial charge < -0.3 is 67.9 Å². The van der Waals surface area contributed by atoms with Gasteiger partial charge in [0.15, 0.2) is 0 Å². The van der Waals surface area contributed by atoms with Gasteiger partial charge in [-0.05, 0) is 161 Å². The van der Waals surface area contributed by atoms with E-state index >= 15 is 0 Å². The van der Waals surface area contributed by atoms with Crippen molar-refractivity contribution in [1.29, 1.82) is 0 Å². The summed E-state index contributed by atoms with van der Waals surface area (Å²) in [6.07, 6.45) is 13.9. The zero-order chi connectivity index (χ0) is 96.4. The minimum absolute atomic E-state index is 0.0421. The molecule has 5 fully saturated rings. The van der Waals surface area contributed by atoms with Gasteiger partial charge in [-0.1, -0.05) is 63.2 Å². The first-order chi connectivity index (χ1) is 63.9. The predicted molar refractivity (Wildman–Crippen MR) is 487 cm³/mol. The Morgan fingerprint density at radius 2 is 0.694 bits per heavy atom. The summed E-state index contributed by atoms with van der Waals surface area (Å²) >= 11 is 0. The van der Waals surface area contributed by atoms with Crippen molar-refractivity contribution < 1.29 is 86.3 Å². The number of H-pyrrole nitrogens is 2. The van der Waals surface area contributed by atoms with Crippen LogP contribution >= 0.6 is 0 Å². The van der Waals surface area contributed by atoms with Crippen molar-refractivity contribution in [3.8, 4) is 11.3 Å². The molecule has 0 radical (unpaired) electrons. The smallest absolute Gasteiger partial charge is 0.278 e. The van der Waals surface area contributed by atoms with E-state index < -0.39 is 107 Å². The van der Waals surface area contributed by atoms with Crippen LogP contribution < -0.4 is 53.2 Å². The number of likely N-dealkylation sites (N-methyl/N-ethyl adjacent to an activating group) is 1. The third-order valence-electron chi connectivity index (χ3n) is 22.3. The minimum Gasteiger partial charge on any atom is -0.351 e. The lowest BCUT2D eigenvalue weighted by Crippen LogP contribution is -2.52. The molecule has 688 valence electrons. The molecular weight excluding hydrogens is 1730 g/mol. The van der Waals surface area contributed by atoms with Crippen LogP contribution in [0.4, 0.5) is 28.4 Å². The highest BCUT2D eigenvalue weighted by atomic mass is 16.2. The second kappa shape index (κ2) is 40.5. The summed E-state index contributed by atoms with van der Waals surface area (Å²) in [5.74, 6) is -7.66. The number of piperidine rings is 5. The van der Waals surface area contributed by atoms with Crippen LogP contribution in [0.25, 0.3) is 22.2 Å². The number of rotatable bonds is 20. The van der Waals surface area contributed by atoms with E-state index in [9.17, 15) is 86.3 Å². The number of hydrogen-bond donors (Lipinski definition) is 12. The largest absolute Gasteiger partial charge is 0.351 e. The SMILES string of the molecule is C=C1CCC(N2C(=O)C=C(Nc3ccc(C(=O)N(C)C)cc3)C2=O)C(=O)N1.C=C1CCC(N2C(=O)C=C(Nc3ccc4cn[nH]c4c3)C2=O)C(=O)N1.C=C1CCC(N2C(=O)C=C(Nc3cccc(-c4ccn[nH]4)c3)C2=O)C(=O)N1.C=C1CCC(N2C(=O)C=C(Nc3cccc(C(=O)N(C)C)c3)C2=O)C(=O)N1.C=C1CCC(N2C(=O)C=C(Nc3cccc(CC(=O)N(C)C)c3)C2=O)C(=O)N1. The Balaban J connectivity index is 0.000000142. The molecule has 40 heteroatoms. The number of anilines is 5. The molecular formula is C94H94N22O18. The van der Waals surface area contributed by atoms with Crippen molar-refractivity contribution in [2.75, 3.05) is 68.9 Å². The summed E-state index contributed by atoms with van der Waals surface area (Å²) in [6, 6.07) is 30.7. The topological polar surface area (TPSA) is 511 Å². The van der Waals surface area contributed by atoms with E-state index in [1.54, 1.807) is 140 Å². The van der Waals surface area contributed by atoms with Crippen molar-refractivity contribution in [2.24, 2.45) is 0 Å². The van der Waals surface area contributed by atoms with E-state index in [-0.39, 0.29) is 64.4 Å². The first-order valence-electron chi connectivity index (χ1n) is 42.1. The number of imide groups is 5. The van der Waals surface area contributed by atoms with Gasteiger partial charge in [-0.15, -0.1) is 0 Å². The fourth-order valence-electron chi connectivity index (χ4n) is 15.4. The molecule has 12 heterocycles. The van der Waals surface area contributed by atoms with Gasteiger partial charge in [-0.2, -0.15) is 10.2 Å². The highest BCUT2D eigenvalue weighted by Gasteiger charge is 2.47. The third kappa shape index (κ3) is 21.6.